The lowest BCUT2D eigenvalue weighted by molar-refractivity contribution is -0.0498. The Kier molecular flexibility index (Phi) is 10.2. The van der Waals surface area contributed by atoms with Crippen LogP contribution in [0.4, 0.5) is 8.78 Å². The number of ether oxygens (including phenoxy) is 1. The molecule has 0 N–H and O–H groups in total. The van der Waals surface area contributed by atoms with Crippen LogP contribution < -0.4 is 4.74 Å². The molecule has 1 aliphatic carbocycles. The van der Waals surface area contributed by atoms with Crippen LogP contribution in [0.2, 0.25) is 18.1 Å². The van der Waals surface area contributed by atoms with Gasteiger partial charge in [-0.2, -0.15) is 8.78 Å². The number of unbranched alkanes of at least 4 members (excludes halogenated alkanes) is 2. The molecule has 0 atom stereocenters. The van der Waals surface area contributed by atoms with Gasteiger partial charge in [0.05, 0.1) is 0 Å². The predicted octanol–water partition coefficient (Wildman–Crippen LogP) is 9.52. The van der Waals surface area contributed by atoms with Crippen molar-refractivity contribution in [1.82, 2.24) is 0 Å². The monoisotopic (exact) mass is 498 g/mol. The first-order chi connectivity index (χ1) is 17.1. The first kappa shape index (κ1) is 26.4. The van der Waals surface area contributed by atoms with Gasteiger partial charge in [0.1, 0.15) is 5.75 Å². The van der Waals surface area contributed by atoms with E-state index in [1.165, 1.54) is 56.9 Å². The van der Waals surface area contributed by atoms with Gasteiger partial charge < -0.3 is 4.74 Å². The van der Waals surface area contributed by atoms with Crippen LogP contribution in [-0.2, 0) is 6.42 Å². The Hall–Kier alpha value is -1.68. The fraction of sp³-hybridized carbons (Fsp3) is 0.613. The highest BCUT2D eigenvalue weighted by Gasteiger charge is 2.31. The van der Waals surface area contributed by atoms with Crippen molar-refractivity contribution in [3.05, 3.63) is 54.1 Å². The molecule has 1 saturated carbocycles. The van der Waals surface area contributed by atoms with Crippen LogP contribution in [0, 0.1) is 17.8 Å². The average Bonchev–Trinajstić information content (AvgIpc) is 2.89. The summed E-state index contributed by atoms with van der Waals surface area (Å²) >= 11 is 0. The van der Waals surface area contributed by atoms with Crippen LogP contribution in [-0.4, -0.2) is 15.4 Å². The van der Waals surface area contributed by atoms with Gasteiger partial charge in [-0.1, -0.05) is 106 Å². The van der Waals surface area contributed by atoms with E-state index in [4.69, 9.17) is 0 Å². The van der Waals surface area contributed by atoms with E-state index in [1.807, 2.05) is 12.1 Å². The van der Waals surface area contributed by atoms with Crippen LogP contribution in [0.3, 0.4) is 0 Å². The van der Waals surface area contributed by atoms with Gasteiger partial charge in [-0.05, 0) is 72.3 Å². The number of hydrogen-bond donors (Lipinski definition) is 0. The van der Waals surface area contributed by atoms with Crippen LogP contribution in [0.15, 0.2) is 48.5 Å². The average molecular weight is 499 g/mol. The van der Waals surface area contributed by atoms with Crippen molar-refractivity contribution in [3.63, 3.8) is 0 Å². The third-order valence-corrected chi connectivity index (χ3v) is 12.4. The van der Waals surface area contributed by atoms with Gasteiger partial charge in [0.2, 0.25) is 0 Å². The van der Waals surface area contributed by atoms with Gasteiger partial charge in [0.25, 0.3) is 0 Å². The molecular formula is C31H44F2OSi. The third kappa shape index (κ3) is 8.16. The Morgan fingerprint density at radius 2 is 1.40 bits per heavy atom. The zero-order valence-corrected chi connectivity index (χ0v) is 22.7. The molecule has 1 saturated heterocycles. The van der Waals surface area contributed by atoms with Gasteiger partial charge in [-0.3, -0.25) is 0 Å². The Labute approximate surface area is 213 Å². The summed E-state index contributed by atoms with van der Waals surface area (Å²) in [6, 6.07) is 20.5. The summed E-state index contributed by atoms with van der Waals surface area (Å²) in [7, 11) is -0.374. The van der Waals surface area contributed by atoms with Crippen LogP contribution >= 0.6 is 0 Å². The van der Waals surface area contributed by atoms with Gasteiger partial charge >= 0.3 is 6.61 Å². The number of hydrogen-bond acceptors (Lipinski definition) is 1. The van der Waals surface area contributed by atoms with Crippen molar-refractivity contribution in [2.24, 2.45) is 17.8 Å². The molecule has 1 nitrogen and oxygen atoms in total. The molecule has 2 aromatic rings. The van der Waals surface area contributed by atoms with Crippen molar-refractivity contribution < 1.29 is 13.5 Å². The number of aryl methyl sites for hydroxylation is 1. The van der Waals surface area contributed by atoms with E-state index in [9.17, 15) is 8.78 Å². The zero-order valence-electron chi connectivity index (χ0n) is 21.6. The molecule has 2 aromatic carbocycles. The summed E-state index contributed by atoms with van der Waals surface area (Å²) in [6.07, 6.45) is 15.7. The molecule has 2 aliphatic rings. The lowest BCUT2D eigenvalue weighted by atomic mass is 9.73. The molecule has 4 heteroatoms. The number of rotatable bonds is 11. The smallest absolute Gasteiger partial charge is 0.387 e. The van der Waals surface area contributed by atoms with Gasteiger partial charge in [0.15, 0.2) is 0 Å². The van der Waals surface area contributed by atoms with E-state index in [0.29, 0.717) is 0 Å². The van der Waals surface area contributed by atoms with Gasteiger partial charge in [-0.15, -0.1) is 0 Å². The maximum atomic E-state index is 12.3. The Balaban J connectivity index is 1.16. The summed E-state index contributed by atoms with van der Waals surface area (Å²) in [5, 5.41) is 0. The maximum absolute atomic E-state index is 12.3. The number of halogens is 2. The molecule has 0 amide bonds. The van der Waals surface area contributed by atoms with Crippen molar-refractivity contribution in [1.29, 1.82) is 0 Å². The maximum Gasteiger partial charge on any atom is 0.387 e. The quantitative estimate of drug-likeness (QED) is 0.221. The molecular weight excluding hydrogens is 454 g/mol. The second-order valence-electron chi connectivity index (χ2n) is 11.2. The van der Waals surface area contributed by atoms with Crippen molar-refractivity contribution in [3.8, 4) is 16.9 Å². The summed E-state index contributed by atoms with van der Waals surface area (Å²) in [4.78, 5) is 0. The Morgan fingerprint density at radius 3 is 2.00 bits per heavy atom. The standard InChI is InChI=1S/C31H44F2OSi/c1-2-3-4-21-35-22-19-29(20-23-35)27-13-9-25(10-14-27)6-5-24-7-11-26(12-8-24)28-15-17-30(18-16-28)34-31(32)33/h7-8,11-12,15-18,25,27,29,31,35H,2-6,9-10,13-14,19-23H2,1H3. The van der Waals surface area contributed by atoms with Crippen LogP contribution in [0.25, 0.3) is 11.1 Å². The van der Waals surface area contributed by atoms with E-state index in [1.54, 1.807) is 43.1 Å². The first-order valence-corrected chi connectivity index (χ1v) is 16.7. The topological polar surface area (TPSA) is 9.23 Å². The molecule has 1 aliphatic heterocycles. The third-order valence-electron chi connectivity index (χ3n) is 8.87. The predicted molar refractivity (Wildman–Crippen MR) is 146 cm³/mol. The van der Waals surface area contributed by atoms with E-state index < -0.39 is 6.61 Å². The van der Waals surface area contributed by atoms with Gasteiger partial charge in [-0.25, -0.2) is 0 Å². The molecule has 1 heterocycles. The first-order valence-electron chi connectivity index (χ1n) is 14.2. The summed E-state index contributed by atoms with van der Waals surface area (Å²) in [6.45, 7) is -0.456. The highest BCUT2D eigenvalue weighted by atomic mass is 28.3. The molecule has 2 fully saturated rings. The largest absolute Gasteiger partial charge is 0.435 e. The van der Waals surface area contributed by atoms with E-state index >= 15 is 0 Å². The van der Waals surface area contributed by atoms with E-state index in [0.717, 1.165) is 35.3 Å². The summed E-state index contributed by atoms with van der Waals surface area (Å²) < 4.78 is 29.1. The molecule has 0 aromatic heterocycles. The van der Waals surface area contributed by atoms with Crippen LogP contribution in [0.5, 0.6) is 5.75 Å². The second kappa shape index (κ2) is 13.6. The molecule has 0 bridgehead atoms. The minimum Gasteiger partial charge on any atom is -0.435 e. The zero-order chi connectivity index (χ0) is 24.5. The minimum absolute atomic E-state index is 0.201. The lowest BCUT2D eigenvalue weighted by Crippen LogP contribution is -2.28. The number of alkyl halides is 2. The lowest BCUT2D eigenvalue weighted by Gasteiger charge is -2.37. The second-order valence-corrected chi connectivity index (χ2v) is 14.7. The summed E-state index contributed by atoms with van der Waals surface area (Å²) in [5.41, 5.74) is 3.54. The van der Waals surface area contributed by atoms with Crippen molar-refractivity contribution >= 4 is 8.80 Å². The minimum atomic E-state index is -2.78. The van der Waals surface area contributed by atoms with E-state index in [-0.39, 0.29) is 14.5 Å². The SMILES string of the molecule is CCCCC[SiH]1CCC(C2CCC(CCc3ccc(-c4ccc(OC(F)F)cc4)cc3)CC2)CC1. The fourth-order valence-electron chi connectivity index (χ4n) is 6.64. The molecule has 0 unspecified atom stereocenters. The fourth-order valence-corrected chi connectivity index (χ4v) is 10.2. The molecule has 0 spiro atoms. The Morgan fingerprint density at radius 1 is 0.800 bits per heavy atom. The highest BCUT2D eigenvalue weighted by molar-refractivity contribution is 6.58. The van der Waals surface area contributed by atoms with Crippen LogP contribution in [0.1, 0.15) is 76.7 Å². The molecule has 4 rings (SSSR count). The Bertz CT molecular complexity index is 851. The van der Waals surface area contributed by atoms with E-state index in [2.05, 4.69) is 35.9 Å². The molecule has 35 heavy (non-hydrogen) atoms. The number of benzene rings is 2. The molecule has 0 radical (unpaired) electrons. The van der Waals surface area contributed by atoms with Crippen molar-refractivity contribution in [2.45, 2.75) is 102 Å². The van der Waals surface area contributed by atoms with Crippen molar-refractivity contribution in [2.75, 3.05) is 0 Å². The molecule has 192 valence electrons. The normalized spacial score (nSPS) is 25.0. The highest BCUT2D eigenvalue weighted by Crippen LogP contribution is 2.42. The van der Waals surface area contributed by atoms with Gasteiger partial charge in [0, 0.05) is 8.80 Å². The summed E-state index contributed by atoms with van der Waals surface area (Å²) in [5.74, 6) is 3.17.